The van der Waals surface area contributed by atoms with Gasteiger partial charge in [0.25, 0.3) is 0 Å². The van der Waals surface area contributed by atoms with Crippen molar-refractivity contribution < 1.29 is 5.21 Å². The molecule has 0 aromatic heterocycles. The molecule has 1 unspecified atom stereocenters. The molecule has 0 spiro atoms. The van der Waals surface area contributed by atoms with Crippen LogP contribution in [0.15, 0.2) is 5.16 Å². The second-order valence-corrected chi connectivity index (χ2v) is 4.68. The van der Waals surface area contributed by atoms with Gasteiger partial charge in [0.15, 0.2) is 0 Å². The van der Waals surface area contributed by atoms with Crippen molar-refractivity contribution in [2.24, 2.45) is 11.1 Å². The van der Waals surface area contributed by atoms with Gasteiger partial charge in [-0.3, -0.25) is 4.90 Å². The lowest BCUT2D eigenvalue weighted by Crippen LogP contribution is -2.44. The molecule has 3 heteroatoms. The third kappa shape index (κ3) is 1.92. The first-order valence-corrected chi connectivity index (χ1v) is 5.76. The number of hydrogen-bond acceptors (Lipinski definition) is 3. The second-order valence-electron chi connectivity index (χ2n) is 4.68. The van der Waals surface area contributed by atoms with Crippen LogP contribution in [0.25, 0.3) is 0 Å². The van der Waals surface area contributed by atoms with E-state index in [0.717, 1.165) is 31.3 Å². The highest BCUT2D eigenvalue weighted by molar-refractivity contribution is 5.87. The largest absolute Gasteiger partial charge is 0.411 e. The molecule has 2 rings (SSSR count). The molecule has 1 aliphatic carbocycles. The highest BCUT2D eigenvalue weighted by atomic mass is 16.4. The van der Waals surface area contributed by atoms with Crippen molar-refractivity contribution in [2.45, 2.75) is 45.1 Å². The molecule has 0 aromatic carbocycles. The van der Waals surface area contributed by atoms with Gasteiger partial charge < -0.3 is 5.21 Å². The maximum Gasteiger partial charge on any atom is 0.0624 e. The average Bonchev–Trinajstić information content (AvgIpc) is 2.70. The molecule has 0 bridgehead atoms. The topological polar surface area (TPSA) is 35.8 Å². The van der Waals surface area contributed by atoms with E-state index in [-0.39, 0.29) is 0 Å². The molecule has 1 saturated heterocycles. The highest BCUT2D eigenvalue weighted by Gasteiger charge is 2.29. The number of rotatable bonds is 1. The van der Waals surface area contributed by atoms with Crippen LogP contribution in [0.2, 0.25) is 0 Å². The van der Waals surface area contributed by atoms with Gasteiger partial charge in [0.05, 0.1) is 5.71 Å². The Bertz CT molecular complexity index is 221. The highest BCUT2D eigenvalue weighted by Crippen LogP contribution is 2.26. The summed E-state index contributed by atoms with van der Waals surface area (Å²) in [5, 5.41) is 12.2. The van der Waals surface area contributed by atoms with Crippen molar-refractivity contribution in [1.82, 2.24) is 4.90 Å². The Morgan fingerprint density at radius 2 is 2.07 bits per heavy atom. The quantitative estimate of drug-likeness (QED) is 0.515. The molecule has 1 N–H and O–H groups in total. The van der Waals surface area contributed by atoms with Gasteiger partial charge in [-0.2, -0.15) is 0 Å². The molecule has 2 fully saturated rings. The SMILES string of the molecule is CC1CN(C2CCCC2)CCC1=NO. The molecule has 3 nitrogen and oxygen atoms in total. The fourth-order valence-corrected chi connectivity index (χ4v) is 2.80. The molecule has 1 atom stereocenters. The van der Waals surface area contributed by atoms with Gasteiger partial charge in [0, 0.05) is 31.5 Å². The molecule has 1 heterocycles. The molecule has 1 aliphatic heterocycles. The number of likely N-dealkylation sites (tertiary alicyclic amines) is 1. The molecule has 80 valence electrons. The van der Waals surface area contributed by atoms with Crippen LogP contribution in [0.5, 0.6) is 0 Å². The fourth-order valence-electron chi connectivity index (χ4n) is 2.80. The summed E-state index contributed by atoms with van der Waals surface area (Å²) in [6.45, 7) is 4.34. The molecule has 0 radical (unpaired) electrons. The van der Waals surface area contributed by atoms with Gasteiger partial charge in [-0.1, -0.05) is 24.9 Å². The first-order chi connectivity index (χ1) is 6.81. The van der Waals surface area contributed by atoms with Gasteiger partial charge in [-0.25, -0.2) is 0 Å². The molecule has 0 aromatic rings. The minimum atomic E-state index is 0.439. The summed E-state index contributed by atoms with van der Waals surface area (Å²) in [7, 11) is 0. The van der Waals surface area contributed by atoms with E-state index in [4.69, 9.17) is 5.21 Å². The Morgan fingerprint density at radius 1 is 1.36 bits per heavy atom. The van der Waals surface area contributed by atoms with E-state index in [2.05, 4.69) is 17.0 Å². The number of nitrogens with zero attached hydrogens (tertiary/aromatic N) is 2. The van der Waals surface area contributed by atoms with Crippen molar-refractivity contribution in [3.05, 3.63) is 0 Å². The van der Waals surface area contributed by atoms with Crippen molar-refractivity contribution in [2.75, 3.05) is 13.1 Å². The zero-order chi connectivity index (χ0) is 9.97. The van der Waals surface area contributed by atoms with Gasteiger partial charge in [-0.05, 0) is 12.8 Å². The van der Waals surface area contributed by atoms with Crippen LogP contribution in [0.1, 0.15) is 39.0 Å². The summed E-state index contributed by atoms with van der Waals surface area (Å²) >= 11 is 0. The van der Waals surface area contributed by atoms with Crippen LogP contribution in [-0.2, 0) is 0 Å². The molecule has 14 heavy (non-hydrogen) atoms. The van der Waals surface area contributed by atoms with Gasteiger partial charge in [0.2, 0.25) is 0 Å². The van der Waals surface area contributed by atoms with Crippen LogP contribution in [0.4, 0.5) is 0 Å². The van der Waals surface area contributed by atoms with Crippen LogP contribution in [-0.4, -0.2) is 35.0 Å². The van der Waals surface area contributed by atoms with E-state index in [1.807, 2.05) is 0 Å². The summed E-state index contributed by atoms with van der Waals surface area (Å²) in [4.78, 5) is 2.59. The maximum absolute atomic E-state index is 8.78. The van der Waals surface area contributed by atoms with Crippen molar-refractivity contribution >= 4 is 5.71 Å². The minimum absolute atomic E-state index is 0.439. The van der Waals surface area contributed by atoms with E-state index < -0.39 is 0 Å². The average molecular weight is 196 g/mol. The Morgan fingerprint density at radius 3 is 2.64 bits per heavy atom. The first kappa shape index (κ1) is 9.97. The smallest absolute Gasteiger partial charge is 0.0624 e. The lowest BCUT2D eigenvalue weighted by Gasteiger charge is -2.35. The lowest BCUT2D eigenvalue weighted by molar-refractivity contribution is 0.174. The van der Waals surface area contributed by atoms with Gasteiger partial charge in [0.1, 0.15) is 0 Å². The predicted octanol–water partition coefficient (Wildman–Crippen LogP) is 2.10. The third-order valence-electron chi connectivity index (χ3n) is 3.70. The van der Waals surface area contributed by atoms with Crippen molar-refractivity contribution in [1.29, 1.82) is 0 Å². The van der Waals surface area contributed by atoms with E-state index in [1.54, 1.807) is 0 Å². The molecular weight excluding hydrogens is 176 g/mol. The Balaban J connectivity index is 1.91. The summed E-state index contributed by atoms with van der Waals surface area (Å²) in [5.74, 6) is 0.439. The Hall–Kier alpha value is -0.570. The zero-order valence-electron chi connectivity index (χ0n) is 8.95. The summed E-state index contributed by atoms with van der Waals surface area (Å²) in [5.41, 5.74) is 0.985. The Kier molecular flexibility index (Phi) is 3.06. The van der Waals surface area contributed by atoms with E-state index in [9.17, 15) is 0 Å². The van der Waals surface area contributed by atoms with Crippen LogP contribution >= 0.6 is 0 Å². The first-order valence-electron chi connectivity index (χ1n) is 5.76. The monoisotopic (exact) mass is 196 g/mol. The normalized spacial score (nSPS) is 34.1. The summed E-state index contributed by atoms with van der Waals surface area (Å²) in [6.07, 6.45) is 6.50. The standard InChI is InChI=1S/C11H20N2O/c1-9-8-13(7-6-11(9)12-14)10-4-2-3-5-10/h9-10,14H,2-8H2,1H3. The van der Waals surface area contributed by atoms with E-state index in [1.165, 1.54) is 25.7 Å². The molecule has 2 aliphatic rings. The molecule has 1 saturated carbocycles. The van der Waals surface area contributed by atoms with Gasteiger partial charge in [-0.15, -0.1) is 0 Å². The van der Waals surface area contributed by atoms with Crippen LogP contribution < -0.4 is 0 Å². The molecule has 0 amide bonds. The van der Waals surface area contributed by atoms with E-state index in [0.29, 0.717) is 5.92 Å². The summed E-state index contributed by atoms with van der Waals surface area (Å²) < 4.78 is 0. The summed E-state index contributed by atoms with van der Waals surface area (Å²) in [6, 6.07) is 0.817. The Labute approximate surface area is 85.8 Å². The zero-order valence-corrected chi connectivity index (χ0v) is 8.95. The predicted molar refractivity (Wildman–Crippen MR) is 56.8 cm³/mol. The van der Waals surface area contributed by atoms with Crippen molar-refractivity contribution in [3.8, 4) is 0 Å². The lowest BCUT2D eigenvalue weighted by atomic mass is 9.96. The fraction of sp³-hybridized carbons (Fsp3) is 0.909. The third-order valence-corrected chi connectivity index (χ3v) is 3.70. The molecular formula is C11H20N2O. The van der Waals surface area contributed by atoms with Gasteiger partial charge >= 0.3 is 0 Å². The van der Waals surface area contributed by atoms with Crippen molar-refractivity contribution in [3.63, 3.8) is 0 Å². The maximum atomic E-state index is 8.78. The van der Waals surface area contributed by atoms with Crippen LogP contribution in [0, 0.1) is 5.92 Å². The number of hydrogen-bond donors (Lipinski definition) is 1. The number of oxime groups is 1. The number of piperidine rings is 1. The van der Waals surface area contributed by atoms with E-state index >= 15 is 0 Å². The van der Waals surface area contributed by atoms with Crippen LogP contribution in [0.3, 0.4) is 0 Å². The minimum Gasteiger partial charge on any atom is -0.411 e. The second kappa shape index (κ2) is 4.30.